The number of amides is 1. The molecule has 2 rings (SSSR count). The van der Waals surface area contributed by atoms with Gasteiger partial charge in [-0.25, -0.2) is 4.98 Å². The van der Waals surface area contributed by atoms with Gasteiger partial charge in [-0.2, -0.15) is 0 Å². The Morgan fingerprint density at radius 1 is 1.41 bits per heavy atom. The van der Waals surface area contributed by atoms with Crippen LogP contribution in [0.15, 0.2) is 23.6 Å². The molecule has 0 saturated heterocycles. The number of hydrogen-bond acceptors (Lipinski definition) is 6. The first-order valence-corrected chi connectivity index (χ1v) is 7.82. The highest BCUT2D eigenvalue weighted by Crippen LogP contribution is 2.30. The lowest BCUT2D eigenvalue weighted by Crippen LogP contribution is -2.13. The summed E-state index contributed by atoms with van der Waals surface area (Å²) in [7, 11) is 1.56. The minimum Gasteiger partial charge on any atom is -0.493 e. The van der Waals surface area contributed by atoms with Crippen LogP contribution in [0.2, 0.25) is 0 Å². The normalized spacial score (nSPS) is 10.3. The maximum Gasteiger partial charge on any atom is 0.275 e. The Hall–Kier alpha value is -2.12. The van der Waals surface area contributed by atoms with Crippen molar-refractivity contribution in [1.82, 2.24) is 4.98 Å². The molecule has 0 aliphatic heterocycles. The topological polar surface area (TPSA) is 86.5 Å². The highest BCUT2D eigenvalue weighted by Gasteiger charge is 2.12. The Morgan fingerprint density at radius 3 is 2.91 bits per heavy atom. The van der Waals surface area contributed by atoms with Crippen molar-refractivity contribution in [3.63, 3.8) is 0 Å². The Kier molecular flexibility index (Phi) is 5.74. The van der Waals surface area contributed by atoms with E-state index >= 15 is 0 Å². The van der Waals surface area contributed by atoms with Crippen LogP contribution >= 0.6 is 11.3 Å². The number of thiazole rings is 1. The van der Waals surface area contributed by atoms with Gasteiger partial charge in [-0.1, -0.05) is 0 Å². The summed E-state index contributed by atoms with van der Waals surface area (Å²) in [5.74, 6) is 0.953. The first-order valence-electron chi connectivity index (χ1n) is 6.94. The van der Waals surface area contributed by atoms with E-state index in [9.17, 15) is 4.79 Å². The van der Waals surface area contributed by atoms with Gasteiger partial charge in [-0.15, -0.1) is 11.3 Å². The molecule has 0 unspecified atom stereocenters. The number of benzene rings is 1. The summed E-state index contributed by atoms with van der Waals surface area (Å²) < 4.78 is 10.7. The highest BCUT2D eigenvalue weighted by atomic mass is 32.1. The lowest BCUT2D eigenvalue weighted by atomic mass is 10.2. The number of anilines is 1. The van der Waals surface area contributed by atoms with Gasteiger partial charge < -0.3 is 20.5 Å². The van der Waals surface area contributed by atoms with Crippen molar-refractivity contribution in [2.75, 3.05) is 25.6 Å². The summed E-state index contributed by atoms with van der Waals surface area (Å²) in [5.41, 5.74) is 6.49. The summed E-state index contributed by atoms with van der Waals surface area (Å²) in [6, 6.07) is 5.24. The number of nitrogens with zero attached hydrogens (tertiary/aromatic N) is 1. The minimum absolute atomic E-state index is 0.259. The second-order valence-electron chi connectivity index (χ2n) is 4.42. The van der Waals surface area contributed by atoms with E-state index in [0.29, 0.717) is 42.5 Å². The smallest absolute Gasteiger partial charge is 0.275 e. The van der Waals surface area contributed by atoms with Gasteiger partial charge in [0.2, 0.25) is 0 Å². The molecule has 3 N–H and O–H groups in total. The molecule has 0 atom stereocenters. The van der Waals surface area contributed by atoms with E-state index in [4.69, 9.17) is 15.2 Å². The predicted molar refractivity (Wildman–Crippen MR) is 87.0 cm³/mol. The van der Waals surface area contributed by atoms with Gasteiger partial charge in [-0.3, -0.25) is 4.79 Å². The first-order chi connectivity index (χ1) is 10.7. The van der Waals surface area contributed by atoms with Gasteiger partial charge >= 0.3 is 0 Å². The van der Waals surface area contributed by atoms with Gasteiger partial charge in [0.1, 0.15) is 5.69 Å². The molecular weight excluding hydrogens is 302 g/mol. The SMILES string of the molecule is CCOc1ccc(NC(=O)c2csc(CCN)n2)cc1OC. The molecule has 1 aromatic carbocycles. The van der Waals surface area contributed by atoms with Crippen LogP contribution in [0.4, 0.5) is 5.69 Å². The second kappa shape index (κ2) is 7.77. The summed E-state index contributed by atoms with van der Waals surface area (Å²) >= 11 is 1.43. The summed E-state index contributed by atoms with van der Waals surface area (Å²) in [5, 5.41) is 5.38. The maximum absolute atomic E-state index is 12.2. The van der Waals surface area contributed by atoms with E-state index in [2.05, 4.69) is 10.3 Å². The monoisotopic (exact) mass is 321 g/mol. The average Bonchev–Trinajstić information content (AvgIpc) is 2.98. The first kappa shape index (κ1) is 16.3. The Bertz CT molecular complexity index is 643. The highest BCUT2D eigenvalue weighted by molar-refractivity contribution is 7.09. The maximum atomic E-state index is 12.2. The molecule has 0 radical (unpaired) electrons. The number of rotatable bonds is 7. The molecule has 1 aromatic heterocycles. The fourth-order valence-electron chi connectivity index (χ4n) is 1.87. The fraction of sp³-hybridized carbons (Fsp3) is 0.333. The van der Waals surface area contributed by atoms with Crippen molar-refractivity contribution >= 4 is 22.9 Å². The molecule has 2 aromatic rings. The minimum atomic E-state index is -0.259. The number of carbonyl (C=O) groups is 1. The lowest BCUT2D eigenvalue weighted by molar-refractivity contribution is 0.102. The van der Waals surface area contributed by atoms with E-state index in [1.165, 1.54) is 11.3 Å². The van der Waals surface area contributed by atoms with Crippen molar-refractivity contribution in [2.24, 2.45) is 5.73 Å². The standard InChI is InChI=1S/C15H19N3O3S/c1-3-21-12-5-4-10(8-13(12)20-2)17-15(19)11-9-22-14(18-11)6-7-16/h4-5,8-9H,3,6-7,16H2,1-2H3,(H,17,19). The van der Waals surface area contributed by atoms with Gasteiger partial charge in [0, 0.05) is 23.6 Å². The van der Waals surface area contributed by atoms with Gasteiger partial charge in [0.25, 0.3) is 5.91 Å². The van der Waals surface area contributed by atoms with Gasteiger partial charge in [-0.05, 0) is 25.6 Å². The number of methoxy groups -OCH3 is 1. The molecule has 118 valence electrons. The Labute approximate surface area is 133 Å². The van der Waals surface area contributed by atoms with Crippen LogP contribution in [-0.4, -0.2) is 31.2 Å². The van der Waals surface area contributed by atoms with Crippen LogP contribution in [0.1, 0.15) is 22.4 Å². The summed E-state index contributed by atoms with van der Waals surface area (Å²) in [6.07, 6.45) is 0.675. The van der Waals surface area contributed by atoms with Crippen molar-refractivity contribution in [3.8, 4) is 11.5 Å². The third-order valence-electron chi connectivity index (χ3n) is 2.86. The number of ether oxygens (including phenoxy) is 2. The largest absolute Gasteiger partial charge is 0.493 e. The van der Waals surface area contributed by atoms with Crippen molar-refractivity contribution < 1.29 is 14.3 Å². The molecule has 6 nitrogen and oxygen atoms in total. The lowest BCUT2D eigenvalue weighted by Gasteiger charge is -2.11. The fourth-order valence-corrected chi connectivity index (χ4v) is 2.66. The molecule has 0 aliphatic rings. The van der Waals surface area contributed by atoms with E-state index < -0.39 is 0 Å². The second-order valence-corrected chi connectivity index (χ2v) is 5.36. The summed E-state index contributed by atoms with van der Waals surface area (Å²) in [6.45, 7) is 2.96. The van der Waals surface area contributed by atoms with Crippen molar-refractivity contribution in [2.45, 2.75) is 13.3 Å². The molecule has 22 heavy (non-hydrogen) atoms. The van der Waals surface area contributed by atoms with Crippen LogP contribution < -0.4 is 20.5 Å². The van der Waals surface area contributed by atoms with Crippen LogP contribution in [0.5, 0.6) is 11.5 Å². The predicted octanol–water partition coefficient (Wildman–Crippen LogP) is 2.30. The zero-order valence-corrected chi connectivity index (χ0v) is 13.4. The van der Waals surface area contributed by atoms with Crippen molar-refractivity contribution in [3.05, 3.63) is 34.3 Å². The number of hydrogen-bond donors (Lipinski definition) is 2. The van der Waals surface area contributed by atoms with E-state index in [-0.39, 0.29) is 5.91 Å². The van der Waals surface area contributed by atoms with Gasteiger partial charge in [0.15, 0.2) is 11.5 Å². The van der Waals surface area contributed by atoms with Crippen LogP contribution in [0, 0.1) is 0 Å². The molecule has 1 heterocycles. The van der Waals surface area contributed by atoms with E-state index in [1.807, 2.05) is 6.92 Å². The molecule has 0 bridgehead atoms. The molecule has 1 amide bonds. The number of nitrogens with one attached hydrogen (secondary N) is 1. The molecule has 0 fully saturated rings. The Morgan fingerprint density at radius 2 is 2.23 bits per heavy atom. The zero-order valence-electron chi connectivity index (χ0n) is 12.6. The summed E-state index contributed by atoms with van der Waals surface area (Å²) in [4.78, 5) is 16.4. The Balaban J connectivity index is 2.10. The number of nitrogens with two attached hydrogens (primary N) is 1. The van der Waals surface area contributed by atoms with E-state index in [0.717, 1.165) is 5.01 Å². The van der Waals surface area contributed by atoms with Crippen LogP contribution in [0.25, 0.3) is 0 Å². The quantitative estimate of drug-likeness (QED) is 0.817. The molecule has 0 aliphatic carbocycles. The molecule has 7 heteroatoms. The van der Waals surface area contributed by atoms with E-state index in [1.54, 1.807) is 30.7 Å². The van der Waals surface area contributed by atoms with Crippen LogP contribution in [-0.2, 0) is 6.42 Å². The van der Waals surface area contributed by atoms with Crippen LogP contribution in [0.3, 0.4) is 0 Å². The van der Waals surface area contributed by atoms with Gasteiger partial charge in [0.05, 0.1) is 18.7 Å². The number of carbonyl (C=O) groups excluding carboxylic acids is 1. The zero-order chi connectivity index (χ0) is 15.9. The average molecular weight is 321 g/mol. The van der Waals surface area contributed by atoms with Crippen molar-refractivity contribution in [1.29, 1.82) is 0 Å². The molecule has 0 saturated carbocycles. The third-order valence-corrected chi connectivity index (χ3v) is 3.77. The molecule has 0 spiro atoms. The number of aromatic nitrogens is 1. The third kappa shape index (κ3) is 3.96. The molecular formula is C15H19N3O3S.